The van der Waals surface area contributed by atoms with Gasteiger partial charge in [0.25, 0.3) is 0 Å². The molecule has 0 saturated carbocycles. The largest absolute Gasteiger partial charge is 0.336 e. The van der Waals surface area contributed by atoms with Gasteiger partial charge in [0, 0.05) is 19.3 Å². The lowest BCUT2D eigenvalue weighted by Gasteiger charge is -2.18. The van der Waals surface area contributed by atoms with E-state index in [-0.39, 0.29) is 0 Å². The molecule has 0 atom stereocenters. The fraction of sp³-hybridized carbons (Fsp3) is 0.231. The van der Waals surface area contributed by atoms with Gasteiger partial charge in [-0.3, -0.25) is 0 Å². The van der Waals surface area contributed by atoms with Crippen LogP contribution in [-0.4, -0.2) is 7.05 Å². The second-order valence-corrected chi connectivity index (χ2v) is 4.73. The van der Waals surface area contributed by atoms with Crippen molar-refractivity contribution >= 4 is 22.0 Å². The number of nitrogens with zero attached hydrogens (tertiary/aromatic N) is 1. The number of hydrogen-bond donors (Lipinski definition) is 1. The molecule has 2 aromatic rings. The minimum absolute atomic E-state index is 0.599. The van der Waals surface area contributed by atoms with Crippen molar-refractivity contribution < 1.29 is 0 Å². The van der Waals surface area contributed by atoms with Crippen molar-refractivity contribution in [1.82, 2.24) is 0 Å². The summed E-state index contributed by atoms with van der Waals surface area (Å²) in [5.41, 5.74) is 9.26. The fourth-order valence-corrected chi connectivity index (χ4v) is 2.60. The molecule has 2 rings (SSSR count). The van der Waals surface area contributed by atoms with Gasteiger partial charge in [-0.25, -0.2) is 0 Å². The molecule has 0 unspecified atom stereocenters. The molecule has 0 spiro atoms. The molecule has 1 aromatic carbocycles. The summed E-state index contributed by atoms with van der Waals surface area (Å²) in [6, 6.07) is 10.5. The molecule has 2 N–H and O–H groups in total. The first-order chi connectivity index (χ1) is 7.72. The van der Waals surface area contributed by atoms with Crippen LogP contribution in [0, 0.1) is 6.92 Å². The van der Waals surface area contributed by atoms with Crippen LogP contribution >= 0.6 is 11.3 Å². The highest BCUT2D eigenvalue weighted by Gasteiger charge is 2.07. The number of thiophene rings is 1. The Morgan fingerprint density at radius 3 is 2.38 bits per heavy atom. The molecular formula is C13H16N2S. The van der Waals surface area contributed by atoms with E-state index >= 15 is 0 Å². The first-order valence-electron chi connectivity index (χ1n) is 5.29. The van der Waals surface area contributed by atoms with Gasteiger partial charge in [0.15, 0.2) is 0 Å². The zero-order valence-electron chi connectivity index (χ0n) is 9.60. The smallest absolute Gasteiger partial charge is 0.0980 e. The Bertz CT molecular complexity index is 459. The summed E-state index contributed by atoms with van der Waals surface area (Å²) >= 11 is 1.76. The Balaban J connectivity index is 2.27. The van der Waals surface area contributed by atoms with Gasteiger partial charge in [-0.2, -0.15) is 0 Å². The Labute approximate surface area is 100 Å². The van der Waals surface area contributed by atoms with Gasteiger partial charge in [-0.05, 0) is 41.6 Å². The molecule has 0 fully saturated rings. The second kappa shape index (κ2) is 4.68. The topological polar surface area (TPSA) is 29.3 Å². The first-order valence-corrected chi connectivity index (χ1v) is 6.17. The lowest BCUT2D eigenvalue weighted by molar-refractivity contribution is 1.07. The monoisotopic (exact) mass is 232 g/mol. The first kappa shape index (κ1) is 11.2. The van der Waals surface area contributed by atoms with Crippen LogP contribution in [0.2, 0.25) is 0 Å². The van der Waals surface area contributed by atoms with E-state index in [9.17, 15) is 0 Å². The summed E-state index contributed by atoms with van der Waals surface area (Å²) in [6.07, 6.45) is 0. The zero-order chi connectivity index (χ0) is 11.5. The minimum Gasteiger partial charge on any atom is -0.336 e. The fourth-order valence-electron chi connectivity index (χ4n) is 1.68. The van der Waals surface area contributed by atoms with E-state index in [1.165, 1.54) is 21.8 Å². The highest BCUT2D eigenvalue weighted by Crippen LogP contribution is 2.31. The third-order valence-corrected chi connectivity index (χ3v) is 3.79. The lowest BCUT2D eigenvalue weighted by Crippen LogP contribution is -2.09. The quantitative estimate of drug-likeness (QED) is 0.880. The van der Waals surface area contributed by atoms with Crippen LogP contribution in [0.4, 0.5) is 10.7 Å². The summed E-state index contributed by atoms with van der Waals surface area (Å²) < 4.78 is 0. The van der Waals surface area contributed by atoms with Gasteiger partial charge < -0.3 is 10.6 Å². The summed E-state index contributed by atoms with van der Waals surface area (Å²) in [6.45, 7) is 2.73. The van der Waals surface area contributed by atoms with Crippen LogP contribution in [0.15, 0.2) is 35.7 Å². The molecule has 2 nitrogen and oxygen atoms in total. The van der Waals surface area contributed by atoms with E-state index in [1.807, 2.05) is 0 Å². The normalized spacial score (nSPS) is 10.4. The van der Waals surface area contributed by atoms with Gasteiger partial charge >= 0.3 is 0 Å². The van der Waals surface area contributed by atoms with E-state index in [0.717, 1.165) is 0 Å². The van der Waals surface area contributed by atoms with Crippen molar-refractivity contribution in [3.05, 3.63) is 46.8 Å². The number of aryl methyl sites for hydroxylation is 1. The maximum absolute atomic E-state index is 5.58. The predicted octanol–water partition coefficient (Wildman–Crippen LogP) is 3.28. The molecule has 16 heavy (non-hydrogen) atoms. The molecule has 0 bridgehead atoms. The highest BCUT2D eigenvalue weighted by atomic mass is 32.1. The second-order valence-electron chi connectivity index (χ2n) is 3.84. The van der Waals surface area contributed by atoms with Crippen molar-refractivity contribution in [2.24, 2.45) is 5.73 Å². The molecule has 1 aromatic heterocycles. The SMILES string of the molecule is Cc1ccsc1N(C)c1ccc(CN)cc1. The van der Waals surface area contributed by atoms with Crippen LogP contribution in [-0.2, 0) is 6.54 Å². The molecule has 0 radical (unpaired) electrons. The maximum Gasteiger partial charge on any atom is 0.0980 e. The Kier molecular flexibility index (Phi) is 3.27. The van der Waals surface area contributed by atoms with Crippen molar-refractivity contribution in [2.75, 3.05) is 11.9 Å². The van der Waals surface area contributed by atoms with E-state index in [1.54, 1.807) is 11.3 Å². The number of hydrogen-bond acceptors (Lipinski definition) is 3. The van der Waals surface area contributed by atoms with Gasteiger partial charge in [-0.1, -0.05) is 12.1 Å². The van der Waals surface area contributed by atoms with Crippen LogP contribution < -0.4 is 10.6 Å². The minimum atomic E-state index is 0.599. The summed E-state index contributed by atoms with van der Waals surface area (Å²) in [5, 5.41) is 3.41. The van der Waals surface area contributed by atoms with Crippen LogP contribution in [0.5, 0.6) is 0 Å². The third kappa shape index (κ3) is 2.10. The summed E-state index contributed by atoms with van der Waals surface area (Å²) in [5.74, 6) is 0. The Hall–Kier alpha value is -1.32. The zero-order valence-corrected chi connectivity index (χ0v) is 10.4. The van der Waals surface area contributed by atoms with Gasteiger partial charge in [0.2, 0.25) is 0 Å². The van der Waals surface area contributed by atoms with Crippen LogP contribution in [0.25, 0.3) is 0 Å². The molecule has 0 aliphatic rings. The van der Waals surface area contributed by atoms with Crippen molar-refractivity contribution in [1.29, 1.82) is 0 Å². The van der Waals surface area contributed by atoms with Gasteiger partial charge in [0.1, 0.15) is 0 Å². The summed E-state index contributed by atoms with van der Waals surface area (Å²) in [4.78, 5) is 2.21. The molecule has 84 valence electrons. The molecule has 1 heterocycles. The van der Waals surface area contributed by atoms with Crippen molar-refractivity contribution in [3.63, 3.8) is 0 Å². The van der Waals surface area contributed by atoms with E-state index in [2.05, 4.69) is 54.6 Å². The number of rotatable bonds is 3. The molecule has 0 aliphatic heterocycles. The van der Waals surface area contributed by atoms with Crippen molar-refractivity contribution in [2.45, 2.75) is 13.5 Å². The molecule has 3 heteroatoms. The Morgan fingerprint density at radius 1 is 1.19 bits per heavy atom. The Morgan fingerprint density at radius 2 is 1.88 bits per heavy atom. The van der Waals surface area contributed by atoms with Crippen LogP contribution in [0.1, 0.15) is 11.1 Å². The average Bonchev–Trinajstić information content (AvgIpc) is 2.75. The summed E-state index contributed by atoms with van der Waals surface area (Å²) in [7, 11) is 2.09. The standard InChI is InChI=1S/C13H16N2S/c1-10-7-8-16-13(10)15(2)12-5-3-11(9-14)4-6-12/h3-8H,9,14H2,1-2H3. The van der Waals surface area contributed by atoms with Gasteiger partial charge in [0.05, 0.1) is 5.00 Å². The molecule has 0 amide bonds. The highest BCUT2D eigenvalue weighted by molar-refractivity contribution is 7.14. The maximum atomic E-state index is 5.58. The molecule has 0 saturated heterocycles. The number of nitrogens with two attached hydrogens (primary N) is 1. The number of benzene rings is 1. The average molecular weight is 232 g/mol. The van der Waals surface area contributed by atoms with E-state index in [0.29, 0.717) is 6.54 Å². The van der Waals surface area contributed by atoms with E-state index < -0.39 is 0 Å². The van der Waals surface area contributed by atoms with E-state index in [4.69, 9.17) is 5.73 Å². The van der Waals surface area contributed by atoms with Crippen molar-refractivity contribution in [3.8, 4) is 0 Å². The third-order valence-electron chi connectivity index (χ3n) is 2.70. The van der Waals surface area contributed by atoms with Gasteiger partial charge in [-0.15, -0.1) is 11.3 Å². The number of anilines is 2. The predicted molar refractivity (Wildman–Crippen MR) is 71.5 cm³/mol. The molecule has 0 aliphatic carbocycles. The lowest BCUT2D eigenvalue weighted by atomic mass is 10.2. The van der Waals surface area contributed by atoms with Crippen LogP contribution in [0.3, 0.4) is 0 Å². The molecular weight excluding hydrogens is 216 g/mol.